The van der Waals surface area contributed by atoms with E-state index in [2.05, 4.69) is 5.32 Å². The average Bonchev–Trinajstić information content (AvgIpc) is 3.50. The molecule has 0 unspecified atom stereocenters. The highest BCUT2D eigenvalue weighted by Crippen LogP contribution is 2.28. The van der Waals surface area contributed by atoms with Crippen LogP contribution in [0, 0.1) is 5.82 Å². The molecule has 0 saturated heterocycles. The molecule has 2 aromatic rings. The lowest BCUT2D eigenvalue weighted by molar-refractivity contribution is -0.131. The molecule has 2 amide bonds. The van der Waals surface area contributed by atoms with Crippen molar-refractivity contribution in [2.75, 3.05) is 13.2 Å². The Balaban J connectivity index is 1.56. The number of amides is 2. The monoisotopic (exact) mass is 370 g/mol. The van der Waals surface area contributed by atoms with Gasteiger partial charge in [-0.2, -0.15) is 0 Å². The van der Waals surface area contributed by atoms with Gasteiger partial charge in [-0.25, -0.2) is 4.39 Å². The topological polar surface area (TPSA) is 58.6 Å². The summed E-state index contributed by atoms with van der Waals surface area (Å²) in [6, 6.07) is 13.2. The number of hydrogen-bond acceptors (Lipinski definition) is 3. The van der Waals surface area contributed by atoms with Crippen LogP contribution in [0.2, 0.25) is 0 Å². The maximum atomic E-state index is 13.4. The van der Waals surface area contributed by atoms with Gasteiger partial charge in [0.05, 0.1) is 13.2 Å². The van der Waals surface area contributed by atoms with Gasteiger partial charge in [0.25, 0.3) is 5.91 Å². The Morgan fingerprint density at radius 2 is 1.93 bits per heavy atom. The molecule has 2 aromatic carbocycles. The normalized spacial score (nSPS) is 13.1. The first-order valence-electron chi connectivity index (χ1n) is 9.12. The summed E-state index contributed by atoms with van der Waals surface area (Å²) < 4.78 is 18.7. The zero-order valence-corrected chi connectivity index (χ0v) is 15.3. The van der Waals surface area contributed by atoms with E-state index < -0.39 is 0 Å². The summed E-state index contributed by atoms with van der Waals surface area (Å²) >= 11 is 0. The number of halogens is 1. The second-order valence-corrected chi connectivity index (χ2v) is 6.52. The summed E-state index contributed by atoms with van der Waals surface area (Å²) in [5.74, 6) is -0.103. The molecule has 0 atom stereocenters. The second-order valence-electron chi connectivity index (χ2n) is 6.52. The van der Waals surface area contributed by atoms with Gasteiger partial charge in [0.1, 0.15) is 11.6 Å². The Kier molecular flexibility index (Phi) is 6.06. The minimum absolute atomic E-state index is 0.0855. The number of ether oxygens (including phenoxy) is 1. The fourth-order valence-corrected chi connectivity index (χ4v) is 2.87. The van der Waals surface area contributed by atoms with Crippen molar-refractivity contribution in [3.63, 3.8) is 0 Å². The lowest BCUT2D eigenvalue weighted by atomic mass is 10.2. The SMILES string of the molecule is CCOc1ccc(C(=O)NCC(=O)N(Cc2cccc(F)c2)C2CC2)cc1. The first-order chi connectivity index (χ1) is 13.1. The maximum absolute atomic E-state index is 13.4. The van der Waals surface area contributed by atoms with Crippen molar-refractivity contribution in [3.8, 4) is 5.75 Å². The maximum Gasteiger partial charge on any atom is 0.251 e. The van der Waals surface area contributed by atoms with Crippen molar-refractivity contribution in [3.05, 3.63) is 65.5 Å². The predicted octanol–water partition coefficient (Wildman–Crippen LogP) is 3.15. The van der Waals surface area contributed by atoms with Gasteiger partial charge >= 0.3 is 0 Å². The van der Waals surface area contributed by atoms with Crippen molar-refractivity contribution in [1.29, 1.82) is 0 Å². The predicted molar refractivity (Wildman–Crippen MR) is 99.9 cm³/mol. The highest BCUT2D eigenvalue weighted by atomic mass is 19.1. The fraction of sp³-hybridized carbons (Fsp3) is 0.333. The second kappa shape index (κ2) is 8.66. The molecule has 27 heavy (non-hydrogen) atoms. The molecule has 0 spiro atoms. The number of hydrogen-bond donors (Lipinski definition) is 1. The zero-order chi connectivity index (χ0) is 19.2. The Labute approximate surface area is 158 Å². The minimum Gasteiger partial charge on any atom is -0.494 e. The van der Waals surface area contributed by atoms with E-state index in [0.29, 0.717) is 24.5 Å². The standard InChI is InChI=1S/C21H23FN2O3/c1-2-27-19-10-6-16(7-11-19)21(26)23-13-20(25)24(18-8-9-18)14-15-4-3-5-17(22)12-15/h3-7,10-12,18H,2,8-9,13-14H2,1H3,(H,23,26). The molecular formula is C21H23FN2O3. The quantitative estimate of drug-likeness (QED) is 0.777. The number of nitrogens with one attached hydrogen (secondary N) is 1. The van der Waals surface area contributed by atoms with Crippen LogP contribution in [-0.4, -0.2) is 35.9 Å². The van der Waals surface area contributed by atoms with Crippen LogP contribution in [0.25, 0.3) is 0 Å². The van der Waals surface area contributed by atoms with Gasteiger partial charge in [-0.1, -0.05) is 12.1 Å². The van der Waals surface area contributed by atoms with E-state index in [0.717, 1.165) is 18.4 Å². The molecule has 6 heteroatoms. The summed E-state index contributed by atoms with van der Waals surface area (Å²) in [4.78, 5) is 26.6. The molecule has 0 aromatic heterocycles. The molecule has 1 aliphatic rings. The van der Waals surface area contributed by atoms with Gasteiger partial charge in [0, 0.05) is 18.2 Å². The van der Waals surface area contributed by atoms with E-state index in [9.17, 15) is 14.0 Å². The van der Waals surface area contributed by atoms with Crippen molar-refractivity contribution in [1.82, 2.24) is 10.2 Å². The molecule has 0 heterocycles. The van der Waals surface area contributed by atoms with Crippen molar-refractivity contribution in [2.24, 2.45) is 0 Å². The third-order valence-corrected chi connectivity index (χ3v) is 4.38. The van der Waals surface area contributed by atoms with Crippen LogP contribution < -0.4 is 10.1 Å². The summed E-state index contributed by atoms with van der Waals surface area (Å²) in [5, 5.41) is 2.67. The molecule has 0 aliphatic heterocycles. The molecule has 1 saturated carbocycles. The van der Waals surface area contributed by atoms with E-state index in [-0.39, 0.29) is 30.2 Å². The Bertz CT molecular complexity index is 803. The van der Waals surface area contributed by atoms with E-state index >= 15 is 0 Å². The van der Waals surface area contributed by atoms with Crippen molar-refractivity contribution < 1.29 is 18.7 Å². The first-order valence-corrected chi connectivity index (χ1v) is 9.12. The number of rotatable bonds is 8. The zero-order valence-electron chi connectivity index (χ0n) is 15.3. The van der Waals surface area contributed by atoms with Crippen LogP contribution in [0.5, 0.6) is 5.75 Å². The lowest BCUT2D eigenvalue weighted by Gasteiger charge is -2.23. The fourth-order valence-electron chi connectivity index (χ4n) is 2.87. The highest BCUT2D eigenvalue weighted by Gasteiger charge is 2.32. The summed E-state index contributed by atoms with van der Waals surface area (Å²) in [6.07, 6.45) is 1.88. The van der Waals surface area contributed by atoms with Gasteiger partial charge < -0.3 is 15.0 Å². The lowest BCUT2D eigenvalue weighted by Crippen LogP contribution is -2.41. The van der Waals surface area contributed by atoms with Crippen LogP contribution in [-0.2, 0) is 11.3 Å². The average molecular weight is 370 g/mol. The third kappa shape index (κ3) is 5.29. The first kappa shape index (κ1) is 18.9. The van der Waals surface area contributed by atoms with Gasteiger partial charge in [-0.05, 0) is 61.7 Å². The summed E-state index contributed by atoms with van der Waals surface area (Å²) in [6.45, 7) is 2.71. The molecule has 1 fully saturated rings. The van der Waals surface area contributed by atoms with Crippen LogP contribution in [0.4, 0.5) is 4.39 Å². The van der Waals surface area contributed by atoms with E-state index in [1.54, 1.807) is 41.3 Å². The molecule has 1 aliphatic carbocycles. The van der Waals surface area contributed by atoms with Gasteiger partial charge in [-0.3, -0.25) is 9.59 Å². The Morgan fingerprint density at radius 3 is 2.56 bits per heavy atom. The molecule has 1 N–H and O–H groups in total. The summed E-state index contributed by atoms with van der Waals surface area (Å²) in [5.41, 5.74) is 1.21. The highest BCUT2D eigenvalue weighted by molar-refractivity contribution is 5.96. The number of nitrogens with zero attached hydrogens (tertiary/aromatic N) is 1. The van der Waals surface area contributed by atoms with Crippen LogP contribution in [0.3, 0.4) is 0 Å². The molecular weight excluding hydrogens is 347 g/mol. The third-order valence-electron chi connectivity index (χ3n) is 4.38. The molecule has 5 nitrogen and oxygen atoms in total. The van der Waals surface area contributed by atoms with E-state index in [1.165, 1.54) is 12.1 Å². The summed E-state index contributed by atoms with van der Waals surface area (Å²) in [7, 11) is 0. The van der Waals surface area contributed by atoms with E-state index in [4.69, 9.17) is 4.74 Å². The van der Waals surface area contributed by atoms with Crippen molar-refractivity contribution >= 4 is 11.8 Å². The van der Waals surface area contributed by atoms with Crippen LogP contribution in [0.15, 0.2) is 48.5 Å². The smallest absolute Gasteiger partial charge is 0.251 e. The van der Waals surface area contributed by atoms with Gasteiger partial charge in [-0.15, -0.1) is 0 Å². The molecule has 142 valence electrons. The van der Waals surface area contributed by atoms with Crippen LogP contribution in [0.1, 0.15) is 35.7 Å². The number of carbonyl (C=O) groups is 2. The van der Waals surface area contributed by atoms with Gasteiger partial charge in [0.15, 0.2) is 0 Å². The van der Waals surface area contributed by atoms with Crippen LogP contribution >= 0.6 is 0 Å². The Morgan fingerprint density at radius 1 is 1.19 bits per heavy atom. The number of carbonyl (C=O) groups excluding carboxylic acids is 2. The minimum atomic E-state index is -0.320. The van der Waals surface area contributed by atoms with Gasteiger partial charge in [0.2, 0.25) is 5.91 Å². The van der Waals surface area contributed by atoms with E-state index in [1.807, 2.05) is 6.92 Å². The largest absolute Gasteiger partial charge is 0.494 e. The Hall–Kier alpha value is -2.89. The molecule has 3 rings (SSSR count). The number of benzene rings is 2. The van der Waals surface area contributed by atoms with Crippen molar-refractivity contribution in [2.45, 2.75) is 32.4 Å². The molecule has 0 radical (unpaired) electrons. The molecule has 0 bridgehead atoms.